The van der Waals surface area contributed by atoms with Crippen molar-refractivity contribution in [3.8, 4) is 11.5 Å². The lowest BCUT2D eigenvalue weighted by molar-refractivity contribution is -0.605. The van der Waals surface area contributed by atoms with Crippen molar-refractivity contribution < 1.29 is 32.5 Å². The second-order valence-electron chi connectivity index (χ2n) is 8.22. The van der Waals surface area contributed by atoms with Gasteiger partial charge in [0.2, 0.25) is 0 Å². The van der Waals surface area contributed by atoms with Crippen LogP contribution in [0.2, 0.25) is 15.1 Å². The lowest BCUT2D eigenvalue weighted by Gasteiger charge is -2.21. The number of hydrogen-bond acceptors (Lipinski definition) is 6. The number of hydrogen-bond donors (Lipinski definition) is 0. The monoisotopic (exact) mass is 589 g/mol. The Bertz CT molecular complexity index is 1260. The van der Waals surface area contributed by atoms with E-state index in [1.807, 2.05) is 0 Å². The van der Waals surface area contributed by atoms with Gasteiger partial charge in [0.05, 0.1) is 11.6 Å². The Morgan fingerprint density at radius 3 is 2.41 bits per heavy atom. The van der Waals surface area contributed by atoms with Gasteiger partial charge in [0, 0.05) is 16.9 Å². The zero-order chi connectivity index (χ0) is 26.5. The summed E-state index contributed by atoms with van der Waals surface area (Å²) >= 11 is 19.5. The van der Waals surface area contributed by atoms with Gasteiger partial charge in [0.15, 0.2) is 23.9 Å². The summed E-state index contributed by atoms with van der Waals surface area (Å²) in [4.78, 5) is 13.4. The van der Waals surface area contributed by atoms with E-state index in [1.54, 1.807) is 24.3 Å². The van der Waals surface area contributed by atoms with Crippen LogP contribution in [0.5, 0.6) is 11.5 Å². The molecule has 37 heavy (non-hydrogen) atoms. The van der Waals surface area contributed by atoms with Crippen molar-refractivity contribution in [1.82, 2.24) is 0 Å². The average Bonchev–Trinajstić information content (AvgIpc) is 3.66. The van der Waals surface area contributed by atoms with Crippen LogP contribution in [0.4, 0.5) is 13.6 Å². The molecular weight excluding hydrogens is 571 g/mol. The number of benzene rings is 2. The van der Waals surface area contributed by atoms with Gasteiger partial charge in [-0.25, -0.2) is 4.79 Å². The third kappa shape index (κ3) is 7.77. The van der Waals surface area contributed by atoms with Gasteiger partial charge in [-0.05, 0) is 60.4 Å². The molecule has 0 aliphatic heterocycles. The standard InChI is InChI=1S/C25H20Cl3F2NO5S/c26-17-3-1-2-4-23(17)37-25(32)36-21(10-16-18(27)11-31(33)12-19(16)28)15-7-8-20(35-24(29)30)22(9-15)34-13-14-5-6-14/h1-4,7-9,11-12,14,21,24H,5-6,10,13H2/t21-/m0/s1. The molecule has 4 rings (SSSR count). The Balaban J connectivity index is 1.65. The highest BCUT2D eigenvalue weighted by Gasteiger charge is 2.26. The van der Waals surface area contributed by atoms with Gasteiger partial charge < -0.3 is 19.4 Å². The topological polar surface area (TPSA) is 71.7 Å². The minimum absolute atomic E-state index is 0.00948. The summed E-state index contributed by atoms with van der Waals surface area (Å²) in [6.07, 6.45) is 3.27. The van der Waals surface area contributed by atoms with E-state index < -0.39 is 18.0 Å². The molecule has 0 bridgehead atoms. The molecule has 196 valence electrons. The largest absolute Gasteiger partial charge is 0.619 e. The number of rotatable bonds is 10. The summed E-state index contributed by atoms with van der Waals surface area (Å²) in [5.74, 6) is 0.301. The molecule has 0 amide bonds. The lowest BCUT2D eigenvalue weighted by atomic mass is 10.0. The zero-order valence-corrected chi connectivity index (χ0v) is 22.1. The smallest absolute Gasteiger partial charge is 0.387 e. The molecule has 0 unspecified atom stereocenters. The third-order valence-electron chi connectivity index (χ3n) is 5.44. The summed E-state index contributed by atoms with van der Waals surface area (Å²) < 4.78 is 42.6. The minimum Gasteiger partial charge on any atom is -0.619 e. The number of nitrogens with zero attached hydrogens (tertiary/aromatic N) is 1. The first-order valence-electron chi connectivity index (χ1n) is 11.1. The maximum absolute atomic E-state index is 13.0. The average molecular weight is 591 g/mol. The van der Waals surface area contributed by atoms with Crippen LogP contribution in [-0.4, -0.2) is 18.5 Å². The quantitative estimate of drug-likeness (QED) is 0.104. The lowest BCUT2D eigenvalue weighted by Crippen LogP contribution is -2.25. The molecule has 0 radical (unpaired) electrons. The molecule has 1 saturated carbocycles. The van der Waals surface area contributed by atoms with Gasteiger partial charge in [-0.2, -0.15) is 13.5 Å². The van der Waals surface area contributed by atoms with Crippen LogP contribution in [0.15, 0.2) is 59.8 Å². The summed E-state index contributed by atoms with van der Waals surface area (Å²) in [6.45, 7) is -2.70. The summed E-state index contributed by atoms with van der Waals surface area (Å²) in [6, 6.07) is 11.1. The summed E-state index contributed by atoms with van der Waals surface area (Å²) in [5.41, 5.74) is 0.788. The molecule has 0 saturated heterocycles. The van der Waals surface area contributed by atoms with E-state index in [1.165, 1.54) is 18.2 Å². The van der Waals surface area contributed by atoms with Crippen molar-refractivity contribution in [3.05, 3.63) is 86.3 Å². The van der Waals surface area contributed by atoms with Crippen LogP contribution in [-0.2, 0) is 11.2 Å². The molecule has 0 N–H and O–H groups in total. The van der Waals surface area contributed by atoms with Crippen molar-refractivity contribution in [2.45, 2.75) is 36.9 Å². The predicted molar refractivity (Wildman–Crippen MR) is 137 cm³/mol. The highest BCUT2D eigenvalue weighted by molar-refractivity contribution is 8.13. The Morgan fingerprint density at radius 1 is 1.05 bits per heavy atom. The van der Waals surface area contributed by atoms with Gasteiger partial charge in [-0.1, -0.05) is 53.0 Å². The minimum atomic E-state index is -3.05. The fraction of sp³-hybridized carbons (Fsp3) is 0.280. The molecule has 1 aliphatic carbocycles. The van der Waals surface area contributed by atoms with Crippen molar-refractivity contribution >= 4 is 51.9 Å². The normalized spacial score (nSPS) is 13.9. The molecule has 1 atom stereocenters. The molecule has 1 aromatic heterocycles. The van der Waals surface area contributed by atoms with Crippen LogP contribution in [0.3, 0.4) is 0 Å². The van der Waals surface area contributed by atoms with Crippen molar-refractivity contribution in [1.29, 1.82) is 0 Å². The molecule has 6 nitrogen and oxygen atoms in total. The second kappa shape index (κ2) is 12.4. The number of halogens is 5. The van der Waals surface area contributed by atoms with E-state index >= 15 is 0 Å². The number of thioether (sulfide) groups is 1. The number of alkyl halides is 2. The number of carbonyl (C=O) groups excluding carboxylic acids is 1. The Hall–Kier alpha value is -2.46. The Kier molecular flexibility index (Phi) is 9.23. The van der Waals surface area contributed by atoms with Crippen LogP contribution in [0, 0.1) is 11.1 Å². The highest BCUT2D eigenvalue weighted by Crippen LogP contribution is 2.39. The Labute approximate surface area is 231 Å². The van der Waals surface area contributed by atoms with E-state index in [2.05, 4.69) is 4.74 Å². The van der Waals surface area contributed by atoms with E-state index in [-0.39, 0.29) is 28.0 Å². The Morgan fingerprint density at radius 2 is 1.76 bits per heavy atom. The SMILES string of the molecule is O=C(O[C@@H](Cc1c(Cl)c[n+]([O-])cc1Cl)c1ccc(OC(F)F)c(OCC2CC2)c1)Sc1ccccc1Cl. The fourth-order valence-electron chi connectivity index (χ4n) is 3.42. The predicted octanol–water partition coefficient (Wildman–Crippen LogP) is 7.88. The van der Waals surface area contributed by atoms with E-state index in [4.69, 9.17) is 44.3 Å². The first kappa shape index (κ1) is 27.6. The molecule has 1 fully saturated rings. The first-order chi connectivity index (χ1) is 17.7. The van der Waals surface area contributed by atoms with Crippen LogP contribution >= 0.6 is 46.6 Å². The second-order valence-corrected chi connectivity index (χ2v) is 10.4. The highest BCUT2D eigenvalue weighted by atomic mass is 35.5. The molecular formula is C25H20Cl3F2NO5S. The van der Waals surface area contributed by atoms with Crippen LogP contribution in [0.1, 0.15) is 30.1 Å². The maximum Gasteiger partial charge on any atom is 0.387 e. The zero-order valence-electron chi connectivity index (χ0n) is 19.0. The van der Waals surface area contributed by atoms with Gasteiger partial charge in [0.25, 0.3) is 0 Å². The van der Waals surface area contributed by atoms with Gasteiger partial charge in [-0.3, -0.25) is 0 Å². The van der Waals surface area contributed by atoms with Crippen molar-refractivity contribution in [3.63, 3.8) is 0 Å². The van der Waals surface area contributed by atoms with E-state index in [0.717, 1.165) is 37.0 Å². The molecule has 3 aromatic rings. The van der Waals surface area contributed by atoms with Crippen molar-refractivity contribution in [2.24, 2.45) is 5.92 Å². The van der Waals surface area contributed by atoms with Crippen LogP contribution in [0.25, 0.3) is 0 Å². The summed E-state index contributed by atoms with van der Waals surface area (Å²) in [5, 5.41) is 11.5. The van der Waals surface area contributed by atoms with E-state index in [9.17, 15) is 18.8 Å². The number of carbonyl (C=O) groups is 1. The van der Waals surface area contributed by atoms with Gasteiger partial charge in [-0.15, -0.1) is 0 Å². The first-order valence-corrected chi connectivity index (χ1v) is 13.1. The van der Waals surface area contributed by atoms with Gasteiger partial charge >= 0.3 is 11.9 Å². The van der Waals surface area contributed by atoms with Crippen LogP contribution < -0.4 is 14.2 Å². The van der Waals surface area contributed by atoms with Crippen molar-refractivity contribution in [2.75, 3.05) is 6.61 Å². The fourth-order valence-corrected chi connectivity index (χ4v) is 4.93. The third-order valence-corrected chi connectivity index (χ3v) is 7.37. The van der Waals surface area contributed by atoms with Gasteiger partial charge in [0.1, 0.15) is 16.1 Å². The molecule has 1 aliphatic rings. The number of aromatic nitrogens is 1. The molecule has 0 spiro atoms. The maximum atomic E-state index is 13.0. The molecule has 1 heterocycles. The molecule has 12 heteroatoms. The number of pyridine rings is 1. The van der Waals surface area contributed by atoms with E-state index in [0.29, 0.717) is 38.3 Å². The summed E-state index contributed by atoms with van der Waals surface area (Å²) in [7, 11) is 0. The molecule has 2 aromatic carbocycles. The number of ether oxygens (including phenoxy) is 3.